The van der Waals surface area contributed by atoms with Crippen molar-refractivity contribution in [1.82, 2.24) is 20.0 Å². The first-order valence-corrected chi connectivity index (χ1v) is 10.4. The van der Waals surface area contributed by atoms with Crippen molar-refractivity contribution in [3.05, 3.63) is 83.7 Å². The molecular formula is C24H30N4O. The van der Waals surface area contributed by atoms with Crippen LogP contribution in [0.25, 0.3) is 0 Å². The molecule has 1 atom stereocenters. The highest BCUT2D eigenvalue weighted by molar-refractivity contribution is 5.28. The quantitative estimate of drug-likeness (QED) is 0.637. The van der Waals surface area contributed by atoms with Crippen molar-refractivity contribution in [1.29, 1.82) is 0 Å². The van der Waals surface area contributed by atoms with Gasteiger partial charge >= 0.3 is 0 Å². The molecule has 1 fully saturated rings. The van der Waals surface area contributed by atoms with Crippen LogP contribution in [0.5, 0.6) is 5.75 Å². The summed E-state index contributed by atoms with van der Waals surface area (Å²) in [7, 11) is 1.73. The molecule has 1 unspecified atom stereocenters. The maximum Gasteiger partial charge on any atom is 0.119 e. The Morgan fingerprint density at radius 3 is 2.69 bits per heavy atom. The van der Waals surface area contributed by atoms with Gasteiger partial charge in [-0.25, -0.2) is 0 Å². The predicted octanol–water partition coefficient (Wildman–Crippen LogP) is 3.69. The van der Waals surface area contributed by atoms with Crippen LogP contribution in [0.1, 0.15) is 29.5 Å². The average molecular weight is 391 g/mol. The molecule has 1 N–H and O–H groups in total. The Kier molecular flexibility index (Phi) is 6.60. The van der Waals surface area contributed by atoms with Crippen molar-refractivity contribution in [3.8, 4) is 5.75 Å². The first kappa shape index (κ1) is 19.7. The zero-order valence-electron chi connectivity index (χ0n) is 17.1. The minimum absolute atomic E-state index is 0.532. The molecule has 1 aliphatic rings. The summed E-state index contributed by atoms with van der Waals surface area (Å²) in [6.45, 7) is 4.96. The van der Waals surface area contributed by atoms with Gasteiger partial charge in [0.1, 0.15) is 5.75 Å². The van der Waals surface area contributed by atoms with E-state index in [2.05, 4.69) is 57.8 Å². The number of ether oxygens (including phenoxy) is 1. The fraction of sp³-hybridized carbons (Fsp3) is 0.375. The largest absolute Gasteiger partial charge is 0.497 e. The number of hydrogen-bond acceptors (Lipinski definition) is 4. The first-order valence-electron chi connectivity index (χ1n) is 10.4. The lowest BCUT2D eigenvalue weighted by atomic mass is 10.0. The van der Waals surface area contributed by atoms with E-state index in [-0.39, 0.29) is 0 Å². The molecule has 4 rings (SSSR count). The molecule has 0 bridgehead atoms. The summed E-state index contributed by atoms with van der Waals surface area (Å²) in [5, 5.41) is 8.08. The van der Waals surface area contributed by atoms with Crippen molar-refractivity contribution in [3.63, 3.8) is 0 Å². The number of aromatic nitrogens is 2. The number of hydrogen-bond donors (Lipinski definition) is 1. The summed E-state index contributed by atoms with van der Waals surface area (Å²) in [4.78, 5) is 2.55. The zero-order valence-corrected chi connectivity index (χ0v) is 17.1. The minimum Gasteiger partial charge on any atom is -0.497 e. The number of nitrogens with one attached hydrogen (secondary N) is 1. The summed E-state index contributed by atoms with van der Waals surface area (Å²) >= 11 is 0. The van der Waals surface area contributed by atoms with E-state index in [1.54, 1.807) is 7.11 Å². The zero-order chi connectivity index (χ0) is 19.9. The highest BCUT2D eigenvalue weighted by atomic mass is 16.5. The number of rotatable bonds is 8. The maximum atomic E-state index is 5.36. The Morgan fingerprint density at radius 1 is 1.03 bits per heavy atom. The van der Waals surface area contributed by atoms with E-state index < -0.39 is 0 Å². The second-order valence-corrected chi connectivity index (χ2v) is 7.83. The van der Waals surface area contributed by atoms with Crippen LogP contribution >= 0.6 is 0 Å². The van der Waals surface area contributed by atoms with Crippen molar-refractivity contribution in [2.24, 2.45) is 0 Å². The average Bonchev–Trinajstić information content (AvgIpc) is 3.26. The molecule has 0 aliphatic carbocycles. The van der Waals surface area contributed by atoms with E-state index in [4.69, 9.17) is 4.74 Å². The van der Waals surface area contributed by atoms with Crippen LogP contribution in [-0.4, -0.2) is 40.9 Å². The smallest absolute Gasteiger partial charge is 0.119 e. The van der Waals surface area contributed by atoms with Crippen LogP contribution in [0.4, 0.5) is 0 Å². The molecule has 5 nitrogen and oxygen atoms in total. The number of piperidine rings is 1. The van der Waals surface area contributed by atoms with Gasteiger partial charge in [-0.3, -0.25) is 9.58 Å². The fourth-order valence-corrected chi connectivity index (χ4v) is 4.08. The fourth-order valence-electron chi connectivity index (χ4n) is 4.08. The lowest BCUT2D eigenvalue weighted by Gasteiger charge is -2.33. The van der Waals surface area contributed by atoms with E-state index in [0.29, 0.717) is 6.04 Å². The predicted molar refractivity (Wildman–Crippen MR) is 116 cm³/mol. The molecule has 0 amide bonds. The molecule has 152 valence electrons. The monoisotopic (exact) mass is 390 g/mol. The molecule has 0 radical (unpaired) electrons. The van der Waals surface area contributed by atoms with Crippen LogP contribution in [0.2, 0.25) is 0 Å². The van der Waals surface area contributed by atoms with Crippen molar-refractivity contribution in [2.45, 2.75) is 38.5 Å². The highest BCUT2D eigenvalue weighted by Gasteiger charge is 2.19. The van der Waals surface area contributed by atoms with Gasteiger partial charge in [-0.1, -0.05) is 36.4 Å². The summed E-state index contributed by atoms with van der Waals surface area (Å²) in [6, 6.07) is 19.7. The van der Waals surface area contributed by atoms with Gasteiger partial charge in [0.15, 0.2) is 0 Å². The van der Waals surface area contributed by atoms with Crippen molar-refractivity contribution < 1.29 is 4.74 Å². The van der Waals surface area contributed by atoms with E-state index >= 15 is 0 Å². The molecule has 29 heavy (non-hydrogen) atoms. The number of methoxy groups -OCH3 is 1. The van der Waals surface area contributed by atoms with Gasteiger partial charge < -0.3 is 10.1 Å². The SMILES string of the molecule is COc1cccc(CN2CCCC(NCc3cccc(Cn4cccn4)c3)C2)c1. The van der Waals surface area contributed by atoms with E-state index in [1.807, 2.05) is 29.2 Å². The van der Waals surface area contributed by atoms with Gasteiger partial charge in [-0.2, -0.15) is 5.10 Å². The molecule has 2 heterocycles. The lowest BCUT2D eigenvalue weighted by molar-refractivity contribution is 0.182. The topological polar surface area (TPSA) is 42.3 Å². The highest BCUT2D eigenvalue weighted by Crippen LogP contribution is 2.18. The standard InChI is InChI=1S/C24H30N4O/c1-29-24-10-3-8-22(15-24)17-27-12-4-9-23(19-27)25-16-20-6-2-7-21(14-20)18-28-13-5-11-26-28/h2-3,5-8,10-11,13-15,23,25H,4,9,12,16-19H2,1H3. The van der Waals surface area contributed by atoms with Gasteiger partial charge in [-0.15, -0.1) is 0 Å². The Balaban J connectivity index is 1.29. The second-order valence-electron chi connectivity index (χ2n) is 7.83. The van der Waals surface area contributed by atoms with Crippen LogP contribution in [-0.2, 0) is 19.6 Å². The van der Waals surface area contributed by atoms with Crippen LogP contribution in [0, 0.1) is 0 Å². The molecule has 2 aromatic carbocycles. The minimum atomic E-state index is 0.532. The maximum absolute atomic E-state index is 5.36. The molecule has 3 aromatic rings. The van der Waals surface area contributed by atoms with Gasteiger partial charge in [0.2, 0.25) is 0 Å². The molecule has 0 spiro atoms. The summed E-state index contributed by atoms with van der Waals surface area (Å²) in [6.07, 6.45) is 6.30. The van der Waals surface area contributed by atoms with Gasteiger partial charge in [0, 0.05) is 38.1 Å². The molecular weight excluding hydrogens is 360 g/mol. The van der Waals surface area contributed by atoms with Crippen molar-refractivity contribution >= 4 is 0 Å². The molecule has 1 saturated heterocycles. The number of nitrogens with zero attached hydrogens (tertiary/aromatic N) is 3. The molecule has 0 saturated carbocycles. The summed E-state index contributed by atoms with van der Waals surface area (Å²) < 4.78 is 7.32. The van der Waals surface area contributed by atoms with Crippen molar-refractivity contribution in [2.75, 3.05) is 20.2 Å². The third-order valence-electron chi connectivity index (χ3n) is 5.54. The summed E-state index contributed by atoms with van der Waals surface area (Å²) in [5.74, 6) is 0.934. The third-order valence-corrected chi connectivity index (χ3v) is 5.54. The Hall–Kier alpha value is -2.63. The normalized spacial score (nSPS) is 17.3. The Bertz CT molecular complexity index is 893. The Morgan fingerprint density at radius 2 is 1.86 bits per heavy atom. The second kappa shape index (κ2) is 9.72. The molecule has 1 aromatic heterocycles. The first-order chi connectivity index (χ1) is 14.3. The van der Waals surface area contributed by atoms with E-state index in [9.17, 15) is 0 Å². The summed E-state index contributed by atoms with van der Waals surface area (Å²) in [5.41, 5.74) is 3.94. The van der Waals surface area contributed by atoms with Crippen LogP contribution in [0.15, 0.2) is 67.0 Å². The van der Waals surface area contributed by atoms with E-state index in [0.717, 1.165) is 38.5 Å². The van der Waals surface area contributed by atoms with Crippen LogP contribution < -0.4 is 10.1 Å². The number of likely N-dealkylation sites (tertiary alicyclic amines) is 1. The molecule has 5 heteroatoms. The van der Waals surface area contributed by atoms with Gasteiger partial charge in [-0.05, 0) is 54.3 Å². The molecule has 1 aliphatic heterocycles. The van der Waals surface area contributed by atoms with E-state index in [1.165, 1.54) is 29.5 Å². The number of benzene rings is 2. The lowest BCUT2D eigenvalue weighted by Crippen LogP contribution is -2.45. The van der Waals surface area contributed by atoms with Gasteiger partial charge in [0.25, 0.3) is 0 Å². The van der Waals surface area contributed by atoms with Crippen LogP contribution in [0.3, 0.4) is 0 Å². The Labute approximate surface area is 173 Å². The van der Waals surface area contributed by atoms with Gasteiger partial charge in [0.05, 0.1) is 13.7 Å². The third kappa shape index (κ3) is 5.68.